The lowest BCUT2D eigenvalue weighted by atomic mass is 9.84. The van der Waals surface area contributed by atoms with Crippen LogP contribution in [0.4, 0.5) is 0 Å². The molecule has 1 heterocycles. The third kappa shape index (κ3) is 2.70. The van der Waals surface area contributed by atoms with Crippen LogP contribution in [0.15, 0.2) is 47.5 Å². The van der Waals surface area contributed by atoms with Gasteiger partial charge in [0.2, 0.25) is 0 Å². The molecule has 1 aromatic heterocycles. The van der Waals surface area contributed by atoms with Crippen LogP contribution in [-0.2, 0) is 4.79 Å². The third-order valence-electron chi connectivity index (χ3n) is 4.64. The maximum absolute atomic E-state index is 11.8. The predicted octanol–water partition coefficient (Wildman–Crippen LogP) is 4.93. The maximum Gasteiger partial charge on any atom is 0.320 e. The molecule has 1 N–H and O–H groups in total. The van der Waals surface area contributed by atoms with Crippen molar-refractivity contribution in [2.75, 3.05) is 0 Å². The van der Waals surface area contributed by atoms with Crippen molar-refractivity contribution in [1.29, 1.82) is 5.26 Å². The highest BCUT2D eigenvalue weighted by molar-refractivity contribution is 8.01. The molecular formula is C19H14N2O2S2. The quantitative estimate of drug-likeness (QED) is 0.708. The summed E-state index contributed by atoms with van der Waals surface area (Å²) in [4.78, 5) is 12.7. The van der Waals surface area contributed by atoms with E-state index in [-0.39, 0.29) is 0 Å². The number of carboxylic acid groups (broad SMARTS) is 1. The van der Waals surface area contributed by atoms with Crippen molar-refractivity contribution in [3.63, 3.8) is 0 Å². The van der Waals surface area contributed by atoms with Crippen molar-refractivity contribution in [1.82, 2.24) is 4.37 Å². The number of nitriles is 1. The van der Waals surface area contributed by atoms with Gasteiger partial charge in [-0.05, 0) is 54.6 Å². The number of aliphatic carboxylic acids is 1. The molecule has 1 aliphatic carbocycles. The molecule has 2 aromatic carbocycles. The monoisotopic (exact) mass is 366 g/mol. The summed E-state index contributed by atoms with van der Waals surface area (Å²) in [6.45, 7) is 0. The normalized spacial score (nSPS) is 15.5. The molecule has 0 bridgehead atoms. The Morgan fingerprint density at radius 2 is 2.00 bits per heavy atom. The second-order valence-electron chi connectivity index (χ2n) is 6.13. The van der Waals surface area contributed by atoms with Crippen LogP contribution >= 0.6 is 23.3 Å². The van der Waals surface area contributed by atoms with E-state index in [1.807, 2.05) is 30.5 Å². The van der Waals surface area contributed by atoms with E-state index in [2.05, 4.69) is 10.4 Å². The number of aromatic nitrogens is 1. The highest BCUT2D eigenvalue weighted by Gasteiger charge is 2.46. The Bertz CT molecular complexity index is 998. The van der Waals surface area contributed by atoms with Crippen LogP contribution < -0.4 is 0 Å². The average Bonchev–Trinajstić information content (AvgIpc) is 3.06. The molecule has 1 fully saturated rings. The first-order valence-electron chi connectivity index (χ1n) is 7.93. The summed E-state index contributed by atoms with van der Waals surface area (Å²) >= 11 is 2.87. The van der Waals surface area contributed by atoms with Gasteiger partial charge >= 0.3 is 5.97 Å². The molecule has 6 heteroatoms. The number of benzene rings is 2. The van der Waals surface area contributed by atoms with E-state index >= 15 is 0 Å². The predicted molar refractivity (Wildman–Crippen MR) is 99.8 cm³/mol. The second-order valence-corrected chi connectivity index (χ2v) is 8.35. The summed E-state index contributed by atoms with van der Waals surface area (Å²) in [5.41, 5.74) is 2.61. The molecule has 0 saturated heterocycles. The molecule has 0 atom stereocenters. The van der Waals surface area contributed by atoms with Crippen molar-refractivity contribution in [3.05, 3.63) is 48.2 Å². The minimum Gasteiger partial charge on any atom is -0.480 e. The van der Waals surface area contributed by atoms with E-state index in [0.717, 1.165) is 32.5 Å². The molecule has 0 aliphatic heterocycles. The molecule has 4 rings (SSSR count). The van der Waals surface area contributed by atoms with Gasteiger partial charge in [0, 0.05) is 22.0 Å². The molecule has 25 heavy (non-hydrogen) atoms. The summed E-state index contributed by atoms with van der Waals surface area (Å²) in [6, 6.07) is 13.6. The fourth-order valence-electron chi connectivity index (χ4n) is 3.05. The zero-order valence-electron chi connectivity index (χ0n) is 13.2. The lowest BCUT2D eigenvalue weighted by Crippen LogP contribution is -2.41. The van der Waals surface area contributed by atoms with E-state index in [1.54, 1.807) is 12.1 Å². The Morgan fingerprint density at radius 1 is 1.24 bits per heavy atom. The number of carboxylic acids is 1. The second kappa shape index (κ2) is 6.17. The Kier molecular flexibility index (Phi) is 3.98. The summed E-state index contributed by atoms with van der Waals surface area (Å²) in [7, 11) is 0. The van der Waals surface area contributed by atoms with E-state index in [1.165, 1.54) is 23.3 Å². The number of thioether (sulfide) groups is 1. The van der Waals surface area contributed by atoms with E-state index in [0.29, 0.717) is 18.4 Å². The Balaban J connectivity index is 1.86. The van der Waals surface area contributed by atoms with Gasteiger partial charge in [0.1, 0.15) is 4.75 Å². The zero-order valence-corrected chi connectivity index (χ0v) is 14.9. The number of carbonyl (C=O) groups is 1. The number of hydrogen-bond acceptors (Lipinski definition) is 5. The molecule has 4 nitrogen and oxygen atoms in total. The summed E-state index contributed by atoms with van der Waals surface area (Å²) < 4.78 is 4.62. The Labute approximate surface area is 153 Å². The zero-order chi connectivity index (χ0) is 17.4. The van der Waals surface area contributed by atoms with Gasteiger partial charge in [-0.1, -0.05) is 18.2 Å². The summed E-state index contributed by atoms with van der Waals surface area (Å²) in [5, 5.41) is 19.7. The van der Waals surface area contributed by atoms with Gasteiger partial charge in [0.25, 0.3) is 0 Å². The van der Waals surface area contributed by atoms with Crippen LogP contribution in [-0.4, -0.2) is 20.2 Å². The van der Waals surface area contributed by atoms with Crippen LogP contribution in [0, 0.1) is 11.3 Å². The van der Waals surface area contributed by atoms with Crippen LogP contribution in [0.25, 0.3) is 21.2 Å². The van der Waals surface area contributed by atoms with Gasteiger partial charge < -0.3 is 5.11 Å². The minimum absolute atomic E-state index is 0.607. The van der Waals surface area contributed by atoms with Gasteiger partial charge in [-0.25, -0.2) is 0 Å². The third-order valence-corrected chi connectivity index (χ3v) is 7.01. The fourth-order valence-corrected chi connectivity index (χ4v) is 5.40. The first kappa shape index (κ1) is 16.1. The number of nitrogens with zero attached hydrogens (tertiary/aromatic N) is 2. The van der Waals surface area contributed by atoms with Crippen LogP contribution in [0.3, 0.4) is 0 Å². The van der Waals surface area contributed by atoms with E-state index in [4.69, 9.17) is 5.26 Å². The SMILES string of the molecule is N#Cc1ccc(-c2c(SC3(C(=O)O)CCC3)ccc3cnsc23)cc1. The first-order valence-corrected chi connectivity index (χ1v) is 9.52. The van der Waals surface area contributed by atoms with Gasteiger partial charge in [-0.2, -0.15) is 9.64 Å². The van der Waals surface area contributed by atoms with Crippen molar-refractivity contribution >= 4 is 39.3 Å². The largest absolute Gasteiger partial charge is 0.480 e. The number of rotatable bonds is 4. The Hall–Kier alpha value is -2.36. The molecular weight excluding hydrogens is 352 g/mol. The fraction of sp³-hybridized carbons (Fsp3) is 0.211. The highest BCUT2D eigenvalue weighted by Crippen LogP contribution is 2.51. The molecule has 3 aromatic rings. The van der Waals surface area contributed by atoms with E-state index in [9.17, 15) is 9.90 Å². The molecule has 0 spiro atoms. The van der Waals surface area contributed by atoms with Gasteiger partial charge in [0.05, 0.1) is 16.3 Å². The van der Waals surface area contributed by atoms with Crippen molar-refractivity contribution < 1.29 is 9.90 Å². The lowest BCUT2D eigenvalue weighted by Gasteiger charge is -2.37. The minimum atomic E-state index is -0.737. The van der Waals surface area contributed by atoms with Crippen molar-refractivity contribution in [3.8, 4) is 17.2 Å². The molecule has 1 aliphatic rings. The van der Waals surface area contributed by atoms with Gasteiger partial charge in [-0.15, -0.1) is 11.8 Å². The van der Waals surface area contributed by atoms with Crippen LogP contribution in [0.5, 0.6) is 0 Å². The maximum atomic E-state index is 11.8. The summed E-state index contributed by atoms with van der Waals surface area (Å²) in [6.07, 6.45) is 4.17. The number of fused-ring (bicyclic) bond motifs is 1. The molecule has 0 unspecified atom stereocenters. The molecule has 1 saturated carbocycles. The number of hydrogen-bond donors (Lipinski definition) is 1. The standard InChI is InChI=1S/C19H14N2O2S2/c20-10-12-2-4-13(5-3-12)16-15(7-6-14-11-21-25-17(14)16)24-19(18(22)23)8-1-9-19/h2-7,11H,1,8-9H2,(H,22,23). The summed E-state index contributed by atoms with van der Waals surface area (Å²) in [5.74, 6) is -0.737. The van der Waals surface area contributed by atoms with Gasteiger partial charge in [0.15, 0.2) is 0 Å². The van der Waals surface area contributed by atoms with Gasteiger partial charge in [-0.3, -0.25) is 4.79 Å². The molecule has 0 amide bonds. The average molecular weight is 366 g/mol. The topological polar surface area (TPSA) is 74.0 Å². The first-order chi connectivity index (χ1) is 12.1. The van der Waals surface area contributed by atoms with Crippen molar-refractivity contribution in [2.24, 2.45) is 0 Å². The molecule has 0 radical (unpaired) electrons. The smallest absolute Gasteiger partial charge is 0.320 e. The Morgan fingerprint density at radius 3 is 2.60 bits per heavy atom. The lowest BCUT2D eigenvalue weighted by molar-refractivity contribution is -0.142. The highest BCUT2D eigenvalue weighted by atomic mass is 32.2. The molecule has 124 valence electrons. The van der Waals surface area contributed by atoms with Crippen LogP contribution in [0.1, 0.15) is 24.8 Å². The van der Waals surface area contributed by atoms with Crippen molar-refractivity contribution in [2.45, 2.75) is 28.9 Å². The van der Waals surface area contributed by atoms with E-state index < -0.39 is 10.7 Å². The van der Waals surface area contributed by atoms with Crippen LogP contribution in [0.2, 0.25) is 0 Å².